The summed E-state index contributed by atoms with van der Waals surface area (Å²) in [6.07, 6.45) is -2.75. The number of thioether (sulfide) groups is 1. The Morgan fingerprint density at radius 2 is 1.72 bits per heavy atom. The molecule has 4 rings (SSSR count). The number of carboxylic acid groups (broad SMARTS) is 1. The zero-order valence-electron chi connectivity index (χ0n) is 24.4. The van der Waals surface area contributed by atoms with E-state index in [9.17, 15) is 32.3 Å². The first-order chi connectivity index (χ1) is 20.1. The van der Waals surface area contributed by atoms with Crippen molar-refractivity contribution in [3.8, 4) is 22.5 Å². The van der Waals surface area contributed by atoms with E-state index < -0.39 is 29.7 Å². The van der Waals surface area contributed by atoms with Crippen LogP contribution in [-0.4, -0.2) is 35.0 Å². The number of ether oxygens (including phenoxy) is 1. The fourth-order valence-electron chi connectivity index (χ4n) is 4.29. The fraction of sp³-hybridized carbons (Fsp3) is 0.226. The van der Waals surface area contributed by atoms with Crippen molar-refractivity contribution in [3.05, 3.63) is 107 Å². The van der Waals surface area contributed by atoms with E-state index in [-0.39, 0.29) is 62.4 Å². The molecule has 0 saturated heterocycles. The second-order valence-electron chi connectivity index (χ2n) is 9.33. The van der Waals surface area contributed by atoms with Gasteiger partial charge in [-0.15, -0.1) is 0 Å². The first-order valence-corrected chi connectivity index (χ1v) is 14.2. The molecule has 0 spiro atoms. The predicted molar refractivity (Wildman–Crippen MR) is 152 cm³/mol. The summed E-state index contributed by atoms with van der Waals surface area (Å²) in [7, 11) is 0. The Morgan fingerprint density at radius 3 is 2.40 bits per heavy atom. The van der Waals surface area contributed by atoms with Gasteiger partial charge in [-0.25, -0.2) is 9.18 Å². The number of carbonyl (C=O) groups excluding carboxylic acids is 1. The number of nitrogens with one attached hydrogen (secondary N) is 1. The van der Waals surface area contributed by atoms with Gasteiger partial charge in [0.15, 0.2) is 0 Å². The van der Waals surface area contributed by atoms with Crippen molar-refractivity contribution >= 4 is 23.6 Å². The van der Waals surface area contributed by atoms with Crippen LogP contribution >= 0.6 is 11.8 Å². The number of benzene rings is 3. The molecular weight excluding hydrogens is 581 g/mol. The molecule has 6 nitrogen and oxygen atoms in total. The van der Waals surface area contributed by atoms with Gasteiger partial charge in [0.2, 0.25) is 0 Å². The molecule has 1 aromatic heterocycles. The van der Waals surface area contributed by atoms with E-state index in [0.717, 1.165) is 6.07 Å². The van der Waals surface area contributed by atoms with Crippen molar-refractivity contribution in [2.75, 3.05) is 12.0 Å². The average molecular weight is 610 g/mol. The molecule has 0 aliphatic rings. The molecule has 0 aliphatic heterocycles. The van der Waals surface area contributed by atoms with Crippen LogP contribution < -0.4 is 24.2 Å². The van der Waals surface area contributed by atoms with Crippen LogP contribution in [0.5, 0.6) is 0 Å². The van der Waals surface area contributed by atoms with Gasteiger partial charge in [-0.2, -0.15) is 24.9 Å². The minimum Gasteiger partial charge on any atom is -1.00 e. The van der Waals surface area contributed by atoms with Gasteiger partial charge < -0.3 is 21.0 Å². The van der Waals surface area contributed by atoms with Crippen molar-refractivity contribution in [1.82, 2.24) is 5.32 Å². The van der Waals surface area contributed by atoms with Crippen LogP contribution in [0.2, 0.25) is 0 Å². The minimum atomic E-state index is -4.69. The van der Waals surface area contributed by atoms with E-state index in [0.29, 0.717) is 28.4 Å². The van der Waals surface area contributed by atoms with Crippen LogP contribution in [0.1, 0.15) is 35.1 Å². The second kappa shape index (κ2) is 15.3. The minimum absolute atomic E-state index is 0. The Hall–Kier alpha value is -3.49. The summed E-state index contributed by atoms with van der Waals surface area (Å²) < 4.78 is 66.5. The third-order valence-electron chi connectivity index (χ3n) is 6.37. The zero-order chi connectivity index (χ0) is 30.3. The summed E-state index contributed by atoms with van der Waals surface area (Å²) in [5.74, 6) is -0.928. The number of carboxylic acids is 1. The number of furan rings is 1. The first-order valence-electron chi connectivity index (χ1n) is 12.8. The maximum atomic E-state index is 13.9. The number of aliphatic carboxylic acids is 1. The normalized spacial score (nSPS) is 11.9. The summed E-state index contributed by atoms with van der Waals surface area (Å²) in [6, 6.07) is 17.2. The second-order valence-corrected chi connectivity index (χ2v) is 10.3. The van der Waals surface area contributed by atoms with Crippen molar-refractivity contribution in [1.29, 1.82) is 0 Å². The van der Waals surface area contributed by atoms with Gasteiger partial charge in [0.25, 0.3) is 5.91 Å². The van der Waals surface area contributed by atoms with E-state index in [1.807, 2.05) is 0 Å². The fourth-order valence-corrected chi connectivity index (χ4v) is 4.76. The molecule has 0 saturated carbocycles. The molecule has 0 radical (unpaired) electrons. The van der Waals surface area contributed by atoms with Crippen molar-refractivity contribution < 1.29 is 61.7 Å². The van der Waals surface area contributed by atoms with Crippen LogP contribution in [0.3, 0.4) is 0 Å². The molecular formula is C31H28F4LiNO5S. The number of alkyl halides is 3. The standard InChI is InChI=1S/C31H27F4NO5S.Li.H/c1-42-15-14-27(30(38)39)36-29(37)24-12-6-19(16-25(24)23-4-2-3-5-26(23)31(33,34)35)17-40-18-22-11-13-28(41-22)20-7-9-21(32)10-8-20;;/h2-13,16,27H,14-15,17-18H2,1H3,(H,36,37)(H,38,39);;/q;+1;-1/t27-;;/m0../s1. The number of hydrogen-bond acceptors (Lipinski definition) is 5. The van der Waals surface area contributed by atoms with Crippen molar-refractivity contribution in [2.45, 2.75) is 31.9 Å². The molecule has 2 N–H and O–H groups in total. The largest absolute Gasteiger partial charge is 1.00 e. The number of carbonyl (C=O) groups is 2. The summed E-state index contributed by atoms with van der Waals surface area (Å²) in [6.45, 7) is 0.0365. The molecule has 3 aromatic carbocycles. The van der Waals surface area contributed by atoms with E-state index >= 15 is 0 Å². The molecule has 0 bridgehead atoms. The Balaban J connectivity index is 0.00000337. The Kier molecular flexibility index (Phi) is 12.1. The summed E-state index contributed by atoms with van der Waals surface area (Å²) in [4.78, 5) is 24.9. The molecule has 1 amide bonds. The predicted octanol–water partition coefficient (Wildman–Crippen LogP) is 4.54. The summed E-state index contributed by atoms with van der Waals surface area (Å²) in [5.41, 5.74) is -0.0850. The van der Waals surface area contributed by atoms with E-state index in [2.05, 4.69) is 5.32 Å². The van der Waals surface area contributed by atoms with E-state index in [1.54, 1.807) is 36.6 Å². The van der Waals surface area contributed by atoms with Crippen LogP contribution in [0.25, 0.3) is 22.5 Å². The number of halogens is 4. The average Bonchev–Trinajstić information content (AvgIpc) is 3.43. The maximum Gasteiger partial charge on any atom is 1.00 e. The topological polar surface area (TPSA) is 88.8 Å². The SMILES string of the molecule is CSCC[C@H](NC(=O)c1ccc(COCc2ccc(-c3ccc(F)cc3)o2)cc1-c1ccccc1C(F)(F)F)C(=O)O.[H-].[Li+]. The Bertz CT molecular complexity index is 1550. The quantitative estimate of drug-likeness (QED) is 0.181. The molecule has 4 aromatic rings. The van der Waals surface area contributed by atoms with Gasteiger partial charge in [0.05, 0.1) is 12.2 Å². The zero-order valence-corrected chi connectivity index (χ0v) is 24.2. The third kappa shape index (κ3) is 9.00. The van der Waals surface area contributed by atoms with E-state index in [1.165, 1.54) is 54.2 Å². The maximum absolute atomic E-state index is 13.9. The van der Waals surface area contributed by atoms with E-state index in [4.69, 9.17) is 9.15 Å². The summed E-state index contributed by atoms with van der Waals surface area (Å²) >= 11 is 1.41. The number of rotatable bonds is 12. The van der Waals surface area contributed by atoms with Gasteiger partial charge in [-0.05, 0) is 89.7 Å². The van der Waals surface area contributed by atoms with Gasteiger partial charge in [0, 0.05) is 11.1 Å². The number of hydrogen-bond donors (Lipinski definition) is 2. The summed E-state index contributed by atoms with van der Waals surface area (Å²) in [5, 5.41) is 12.0. The molecule has 222 valence electrons. The van der Waals surface area contributed by atoms with Crippen LogP contribution in [0.4, 0.5) is 17.6 Å². The molecule has 1 atom stereocenters. The smallest absolute Gasteiger partial charge is 1.00 e. The number of amides is 1. The Labute approximate surface area is 263 Å². The van der Waals surface area contributed by atoms with Gasteiger partial charge >= 0.3 is 31.0 Å². The molecule has 12 heteroatoms. The third-order valence-corrected chi connectivity index (χ3v) is 7.01. The van der Waals surface area contributed by atoms with Crippen LogP contribution in [0.15, 0.2) is 83.3 Å². The van der Waals surface area contributed by atoms with Gasteiger partial charge in [0.1, 0.15) is 30.0 Å². The first kappa shape index (κ1) is 34.0. The van der Waals surface area contributed by atoms with Gasteiger partial charge in [-0.3, -0.25) is 4.79 Å². The molecule has 1 heterocycles. The molecule has 0 fully saturated rings. The molecule has 43 heavy (non-hydrogen) atoms. The van der Waals surface area contributed by atoms with Crippen molar-refractivity contribution in [3.63, 3.8) is 0 Å². The van der Waals surface area contributed by atoms with Gasteiger partial charge in [-0.1, -0.05) is 24.3 Å². The molecule has 0 aliphatic carbocycles. The molecule has 0 unspecified atom stereocenters. The van der Waals surface area contributed by atoms with Crippen LogP contribution in [0, 0.1) is 5.82 Å². The Morgan fingerprint density at radius 1 is 1.00 bits per heavy atom. The monoisotopic (exact) mass is 609 g/mol. The van der Waals surface area contributed by atoms with Crippen molar-refractivity contribution in [2.24, 2.45) is 0 Å². The van der Waals surface area contributed by atoms with Crippen LogP contribution in [-0.2, 0) is 28.9 Å².